The predicted molar refractivity (Wildman–Crippen MR) is 96.8 cm³/mol. The third kappa shape index (κ3) is 2.27. The Morgan fingerprint density at radius 3 is 2.68 bits per heavy atom. The molecule has 0 bridgehead atoms. The van der Waals surface area contributed by atoms with Gasteiger partial charge in [-0.05, 0) is 79.6 Å². The van der Waals surface area contributed by atoms with Crippen molar-refractivity contribution < 1.29 is 14.7 Å². The fourth-order valence-electron chi connectivity index (χ4n) is 7.79. The summed E-state index contributed by atoms with van der Waals surface area (Å²) in [5.41, 5.74) is 1.19. The Hall–Kier alpha value is -0.960. The topological polar surface area (TPSA) is 54.4 Å². The molecule has 3 saturated carbocycles. The van der Waals surface area contributed by atoms with E-state index in [1.165, 1.54) is 5.57 Å². The summed E-state index contributed by atoms with van der Waals surface area (Å²) >= 11 is 0. The number of hydrogen-bond donors (Lipinski definition) is 1. The lowest BCUT2D eigenvalue weighted by Crippen LogP contribution is -2.58. The molecule has 0 aromatic carbocycles. The minimum Gasteiger partial charge on any atom is -0.393 e. The van der Waals surface area contributed by atoms with Crippen LogP contribution in [0.25, 0.3) is 0 Å². The van der Waals surface area contributed by atoms with Crippen molar-refractivity contribution in [2.75, 3.05) is 0 Å². The Morgan fingerprint density at radius 1 is 1.28 bits per heavy atom. The quantitative estimate of drug-likeness (QED) is 0.784. The van der Waals surface area contributed by atoms with E-state index in [1.54, 1.807) is 6.92 Å². The van der Waals surface area contributed by atoms with Gasteiger partial charge in [-0.15, -0.1) is 0 Å². The number of hydrogen-bond acceptors (Lipinski definition) is 3. The first-order valence-corrected chi connectivity index (χ1v) is 10.1. The number of allylic oxidation sites excluding steroid dienone is 1. The second-order valence-corrected chi connectivity index (χ2v) is 9.93. The molecular formula is C22H32O3. The van der Waals surface area contributed by atoms with Crippen LogP contribution >= 0.6 is 0 Å². The second kappa shape index (κ2) is 5.52. The van der Waals surface area contributed by atoms with E-state index >= 15 is 0 Å². The summed E-state index contributed by atoms with van der Waals surface area (Å²) in [5, 5.41) is 11.2. The number of rotatable bonds is 1. The Balaban J connectivity index is 1.76. The van der Waals surface area contributed by atoms with E-state index in [2.05, 4.69) is 20.8 Å². The lowest BCUT2D eigenvalue weighted by atomic mass is 9.44. The Bertz CT molecular complexity index is 650. The molecule has 138 valence electrons. The van der Waals surface area contributed by atoms with Crippen LogP contribution in [-0.4, -0.2) is 22.8 Å². The molecule has 4 aliphatic carbocycles. The van der Waals surface area contributed by atoms with Crippen LogP contribution in [0.15, 0.2) is 11.6 Å². The molecule has 0 unspecified atom stereocenters. The Labute approximate surface area is 151 Å². The van der Waals surface area contributed by atoms with E-state index in [-0.39, 0.29) is 34.6 Å². The summed E-state index contributed by atoms with van der Waals surface area (Å²) < 4.78 is 0. The van der Waals surface area contributed by atoms with Crippen molar-refractivity contribution in [3.05, 3.63) is 11.6 Å². The van der Waals surface area contributed by atoms with Gasteiger partial charge in [-0.3, -0.25) is 9.59 Å². The molecule has 8 atom stereocenters. The largest absolute Gasteiger partial charge is 0.393 e. The van der Waals surface area contributed by atoms with Gasteiger partial charge in [0.25, 0.3) is 0 Å². The molecule has 3 fully saturated rings. The van der Waals surface area contributed by atoms with Crippen molar-refractivity contribution in [1.29, 1.82) is 0 Å². The van der Waals surface area contributed by atoms with Gasteiger partial charge >= 0.3 is 0 Å². The minimum absolute atomic E-state index is 0.0474. The van der Waals surface area contributed by atoms with Crippen molar-refractivity contribution in [3.8, 4) is 0 Å². The third-order valence-electron chi connectivity index (χ3n) is 8.70. The highest BCUT2D eigenvalue weighted by molar-refractivity contribution is 5.91. The van der Waals surface area contributed by atoms with Crippen LogP contribution in [0.5, 0.6) is 0 Å². The summed E-state index contributed by atoms with van der Waals surface area (Å²) in [5.74, 6) is 2.33. The van der Waals surface area contributed by atoms with Gasteiger partial charge in [0.15, 0.2) is 5.78 Å². The Kier molecular flexibility index (Phi) is 3.85. The van der Waals surface area contributed by atoms with Crippen molar-refractivity contribution in [2.45, 2.75) is 72.3 Å². The van der Waals surface area contributed by atoms with Gasteiger partial charge in [0.1, 0.15) is 5.78 Å². The maximum absolute atomic E-state index is 12.2. The highest BCUT2D eigenvalue weighted by Gasteiger charge is 2.63. The molecule has 3 heteroatoms. The molecular weight excluding hydrogens is 312 g/mol. The first-order valence-electron chi connectivity index (χ1n) is 10.1. The van der Waals surface area contributed by atoms with Crippen LogP contribution in [-0.2, 0) is 9.59 Å². The summed E-state index contributed by atoms with van der Waals surface area (Å²) in [4.78, 5) is 24.3. The smallest absolute Gasteiger partial charge is 0.155 e. The van der Waals surface area contributed by atoms with Gasteiger partial charge in [0.2, 0.25) is 0 Å². The fourth-order valence-corrected chi connectivity index (χ4v) is 7.79. The molecule has 0 radical (unpaired) electrons. The van der Waals surface area contributed by atoms with Crippen LogP contribution in [0.2, 0.25) is 0 Å². The normalized spacial score (nSPS) is 52.0. The molecule has 0 heterocycles. The van der Waals surface area contributed by atoms with E-state index in [9.17, 15) is 14.7 Å². The van der Waals surface area contributed by atoms with Crippen LogP contribution in [0, 0.1) is 40.4 Å². The van der Waals surface area contributed by atoms with Gasteiger partial charge < -0.3 is 5.11 Å². The van der Waals surface area contributed by atoms with Gasteiger partial charge in [-0.2, -0.15) is 0 Å². The molecule has 0 aromatic rings. The number of fused-ring (bicyclic) bond motifs is 5. The summed E-state index contributed by atoms with van der Waals surface area (Å²) in [7, 11) is 0. The third-order valence-corrected chi connectivity index (χ3v) is 8.70. The zero-order valence-corrected chi connectivity index (χ0v) is 16.0. The number of ketones is 2. The maximum atomic E-state index is 12.2. The van der Waals surface area contributed by atoms with Gasteiger partial charge in [0, 0.05) is 12.3 Å². The first kappa shape index (κ1) is 17.5. The summed E-state index contributed by atoms with van der Waals surface area (Å²) in [6.45, 7) is 8.55. The zero-order chi connectivity index (χ0) is 18.1. The lowest BCUT2D eigenvalue weighted by molar-refractivity contribution is -0.147. The van der Waals surface area contributed by atoms with Crippen LogP contribution in [0.3, 0.4) is 0 Å². The molecule has 4 aliphatic rings. The number of aliphatic hydroxyl groups excluding tert-OH is 1. The molecule has 3 nitrogen and oxygen atoms in total. The first-order chi connectivity index (χ1) is 11.7. The molecule has 0 amide bonds. The summed E-state index contributed by atoms with van der Waals surface area (Å²) in [6.07, 6.45) is 6.93. The zero-order valence-electron chi connectivity index (χ0n) is 16.0. The predicted octanol–water partition coefficient (Wildman–Crippen LogP) is 3.94. The van der Waals surface area contributed by atoms with E-state index in [1.807, 2.05) is 6.08 Å². The number of Topliss-reactive ketones (excluding diaryl/α,β-unsaturated/α-hetero) is 1. The fraction of sp³-hybridized carbons (Fsp3) is 0.818. The average Bonchev–Trinajstić information content (AvgIpc) is 2.85. The Morgan fingerprint density at radius 2 is 2.00 bits per heavy atom. The standard InChI is InChI=1S/C22H32O3/c1-12-9-15-17-6-5-16(13(2)23)22(17,4)11-19(25)20(15)21(3)8-7-14(24)10-18(12)21/h10,12,15-17,19-20,25H,5-9,11H2,1-4H3/t12-,15-,16+,17+,19-,20+,21-,22+/m0/s1. The molecule has 0 spiro atoms. The monoisotopic (exact) mass is 344 g/mol. The second-order valence-electron chi connectivity index (χ2n) is 9.93. The van der Waals surface area contributed by atoms with E-state index in [0.717, 1.165) is 32.1 Å². The van der Waals surface area contributed by atoms with Crippen molar-refractivity contribution in [3.63, 3.8) is 0 Å². The molecule has 0 aromatic heterocycles. The van der Waals surface area contributed by atoms with Gasteiger partial charge in [-0.25, -0.2) is 0 Å². The molecule has 0 saturated heterocycles. The average molecular weight is 344 g/mol. The van der Waals surface area contributed by atoms with E-state index in [4.69, 9.17) is 0 Å². The van der Waals surface area contributed by atoms with E-state index in [0.29, 0.717) is 30.0 Å². The highest BCUT2D eigenvalue weighted by atomic mass is 16.3. The van der Waals surface area contributed by atoms with Crippen LogP contribution in [0.1, 0.15) is 66.2 Å². The van der Waals surface area contributed by atoms with E-state index < -0.39 is 0 Å². The van der Waals surface area contributed by atoms with Crippen molar-refractivity contribution >= 4 is 11.6 Å². The molecule has 0 aliphatic heterocycles. The van der Waals surface area contributed by atoms with Gasteiger partial charge in [-0.1, -0.05) is 26.3 Å². The van der Waals surface area contributed by atoms with Crippen LogP contribution < -0.4 is 0 Å². The highest BCUT2D eigenvalue weighted by Crippen LogP contribution is 2.67. The molecule has 4 rings (SSSR count). The number of aliphatic hydroxyl groups is 1. The summed E-state index contributed by atoms with van der Waals surface area (Å²) in [6, 6.07) is 0. The number of carbonyl (C=O) groups is 2. The molecule has 1 N–H and O–H groups in total. The number of carbonyl (C=O) groups excluding carboxylic acids is 2. The van der Waals surface area contributed by atoms with Crippen LogP contribution in [0.4, 0.5) is 0 Å². The van der Waals surface area contributed by atoms with Crippen molar-refractivity contribution in [1.82, 2.24) is 0 Å². The SMILES string of the molecule is CC(=O)[C@H]1CC[C@@H]2[C@@H]3C[C@H](C)C4=CC(=O)CC[C@]4(C)[C@H]3[C@@H](O)C[C@]12C. The maximum Gasteiger partial charge on any atom is 0.155 e. The minimum atomic E-state index is -0.361. The van der Waals surface area contributed by atoms with Crippen molar-refractivity contribution in [2.24, 2.45) is 40.4 Å². The van der Waals surface area contributed by atoms with Gasteiger partial charge in [0.05, 0.1) is 6.10 Å². The lowest BCUT2D eigenvalue weighted by Gasteiger charge is -2.61. The molecule has 25 heavy (non-hydrogen) atoms.